The van der Waals surface area contributed by atoms with E-state index in [2.05, 4.69) is 15.0 Å². The number of pyridine rings is 3. The van der Waals surface area contributed by atoms with Gasteiger partial charge in [0.05, 0.1) is 12.3 Å². The highest BCUT2D eigenvalue weighted by Crippen LogP contribution is 2.32. The third-order valence-electron chi connectivity index (χ3n) is 3.13. The van der Waals surface area contributed by atoms with E-state index in [-0.39, 0.29) is 6.61 Å². The van der Waals surface area contributed by atoms with Crippen molar-refractivity contribution in [2.45, 2.75) is 6.61 Å². The van der Waals surface area contributed by atoms with Crippen molar-refractivity contribution in [1.29, 1.82) is 0 Å². The van der Waals surface area contributed by atoms with E-state index in [1.807, 2.05) is 30.3 Å². The van der Waals surface area contributed by atoms with Gasteiger partial charge in [-0.2, -0.15) is 0 Å². The smallest absolute Gasteiger partial charge is 0.0785 e. The summed E-state index contributed by atoms with van der Waals surface area (Å²) in [6, 6.07) is 9.49. The second kappa shape index (κ2) is 5.59. The van der Waals surface area contributed by atoms with Crippen LogP contribution in [0.2, 0.25) is 0 Å². The maximum absolute atomic E-state index is 9.60. The van der Waals surface area contributed by atoms with Gasteiger partial charge in [-0.25, -0.2) is 0 Å². The number of aromatic nitrogens is 3. The number of hydrogen-bond acceptors (Lipinski definition) is 4. The molecule has 3 aromatic heterocycles. The summed E-state index contributed by atoms with van der Waals surface area (Å²) < 4.78 is 0. The Bertz CT molecular complexity index is 699. The molecule has 0 aliphatic carbocycles. The molecule has 1 N–H and O–H groups in total. The maximum atomic E-state index is 9.60. The lowest BCUT2D eigenvalue weighted by Crippen LogP contribution is -1.96. The molecular weight excluding hydrogens is 250 g/mol. The Morgan fingerprint density at radius 2 is 1.35 bits per heavy atom. The van der Waals surface area contributed by atoms with Crippen LogP contribution in [0.3, 0.4) is 0 Å². The lowest BCUT2D eigenvalue weighted by Gasteiger charge is -2.12. The molecule has 0 aromatic carbocycles. The van der Waals surface area contributed by atoms with Gasteiger partial charge in [-0.1, -0.05) is 0 Å². The molecule has 98 valence electrons. The molecule has 0 unspecified atom stereocenters. The third-order valence-corrected chi connectivity index (χ3v) is 3.13. The number of hydrogen-bond donors (Lipinski definition) is 1. The Morgan fingerprint density at radius 3 is 1.95 bits per heavy atom. The average molecular weight is 263 g/mol. The molecule has 0 bridgehead atoms. The summed E-state index contributed by atoms with van der Waals surface area (Å²) in [5, 5.41) is 9.60. The first kappa shape index (κ1) is 12.4. The van der Waals surface area contributed by atoms with Crippen molar-refractivity contribution in [1.82, 2.24) is 15.0 Å². The summed E-state index contributed by atoms with van der Waals surface area (Å²) in [7, 11) is 0. The van der Waals surface area contributed by atoms with Gasteiger partial charge in [-0.3, -0.25) is 15.0 Å². The highest BCUT2D eigenvalue weighted by atomic mass is 16.3. The molecule has 0 spiro atoms. The second-order valence-electron chi connectivity index (χ2n) is 4.32. The Hall–Kier alpha value is -2.59. The lowest BCUT2D eigenvalue weighted by atomic mass is 9.96. The highest BCUT2D eigenvalue weighted by molar-refractivity contribution is 5.82. The molecule has 3 rings (SSSR count). The zero-order valence-electron chi connectivity index (χ0n) is 10.8. The quantitative estimate of drug-likeness (QED) is 0.789. The summed E-state index contributed by atoms with van der Waals surface area (Å²) in [5.41, 5.74) is 4.58. The zero-order chi connectivity index (χ0) is 13.8. The van der Waals surface area contributed by atoms with Crippen LogP contribution >= 0.6 is 0 Å². The molecule has 0 saturated heterocycles. The topological polar surface area (TPSA) is 58.9 Å². The Morgan fingerprint density at radius 1 is 0.750 bits per heavy atom. The van der Waals surface area contributed by atoms with Crippen molar-refractivity contribution in [3.63, 3.8) is 0 Å². The first-order valence-corrected chi connectivity index (χ1v) is 6.29. The van der Waals surface area contributed by atoms with Gasteiger partial charge in [0.25, 0.3) is 0 Å². The predicted octanol–water partition coefficient (Wildman–Crippen LogP) is 2.70. The van der Waals surface area contributed by atoms with E-state index >= 15 is 0 Å². The number of rotatable bonds is 3. The third kappa shape index (κ3) is 2.29. The van der Waals surface area contributed by atoms with Gasteiger partial charge in [0.15, 0.2) is 0 Å². The molecule has 0 aliphatic rings. The minimum Gasteiger partial charge on any atom is -0.392 e. The molecule has 0 aliphatic heterocycles. The van der Waals surface area contributed by atoms with Crippen LogP contribution in [0, 0.1) is 0 Å². The van der Waals surface area contributed by atoms with Crippen LogP contribution in [0.25, 0.3) is 22.4 Å². The van der Waals surface area contributed by atoms with Gasteiger partial charge in [-0.15, -0.1) is 0 Å². The number of nitrogens with zero attached hydrogens (tertiary/aromatic N) is 3. The van der Waals surface area contributed by atoms with Gasteiger partial charge in [0.1, 0.15) is 0 Å². The van der Waals surface area contributed by atoms with Crippen LogP contribution in [0.15, 0.2) is 61.3 Å². The van der Waals surface area contributed by atoms with Crippen LogP contribution in [0.4, 0.5) is 0 Å². The molecule has 0 saturated carbocycles. The molecule has 0 atom stereocenters. The molecule has 3 heterocycles. The summed E-state index contributed by atoms with van der Waals surface area (Å²) in [6.07, 6.45) is 8.66. The van der Waals surface area contributed by atoms with Crippen LogP contribution in [-0.4, -0.2) is 20.1 Å². The van der Waals surface area contributed by atoms with Gasteiger partial charge in [0.2, 0.25) is 0 Å². The molecular formula is C16H13N3O. The predicted molar refractivity (Wildman–Crippen MR) is 76.6 cm³/mol. The number of aliphatic hydroxyl groups is 1. The maximum Gasteiger partial charge on any atom is 0.0785 e. The Kier molecular flexibility index (Phi) is 3.48. The van der Waals surface area contributed by atoms with E-state index in [4.69, 9.17) is 0 Å². The summed E-state index contributed by atoms with van der Waals surface area (Å²) in [6.45, 7) is -0.0295. The molecule has 0 radical (unpaired) electrons. The molecule has 0 amide bonds. The molecule has 4 nitrogen and oxygen atoms in total. The molecule has 20 heavy (non-hydrogen) atoms. The lowest BCUT2D eigenvalue weighted by molar-refractivity contribution is 0.282. The Labute approximate surface area is 116 Å². The van der Waals surface area contributed by atoms with Gasteiger partial charge < -0.3 is 5.11 Å². The van der Waals surface area contributed by atoms with Gasteiger partial charge in [0, 0.05) is 42.1 Å². The van der Waals surface area contributed by atoms with Crippen molar-refractivity contribution in [2.75, 3.05) is 0 Å². The largest absolute Gasteiger partial charge is 0.392 e. The fourth-order valence-electron chi connectivity index (χ4n) is 2.20. The summed E-state index contributed by atoms with van der Waals surface area (Å²) in [5.74, 6) is 0. The van der Waals surface area contributed by atoms with E-state index in [1.54, 1.807) is 31.0 Å². The van der Waals surface area contributed by atoms with Crippen molar-refractivity contribution < 1.29 is 5.11 Å². The van der Waals surface area contributed by atoms with E-state index in [0.717, 1.165) is 27.9 Å². The zero-order valence-corrected chi connectivity index (χ0v) is 10.8. The van der Waals surface area contributed by atoms with Crippen LogP contribution < -0.4 is 0 Å². The van der Waals surface area contributed by atoms with E-state index in [1.165, 1.54) is 0 Å². The van der Waals surface area contributed by atoms with Crippen molar-refractivity contribution in [3.8, 4) is 22.4 Å². The van der Waals surface area contributed by atoms with E-state index in [9.17, 15) is 5.11 Å². The minimum atomic E-state index is -0.0295. The number of aliphatic hydroxyl groups excluding tert-OH is 1. The Balaban J connectivity index is 2.26. The monoisotopic (exact) mass is 263 g/mol. The van der Waals surface area contributed by atoms with Crippen LogP contribution in [-0.2, 0) is 6.61 Å². The SMILES string of the molecule is OCc1ccnc(-c2ccncc2)c1-c1ccncc1. The minimum absolute atomic E-state index is 0.0295. The van der Waals surface area contributed by atoms with Crippen molar-refractivity contribution in [3.05, 3.63) is 66.9 Å². The summed E-state index contributed by atoms with van der Waals surface area (Å²) in [4.78, 5) is 12.5. The molecule has 4 heteroatoms. The fraction of sp³-hybridized carbons (Fsp3) is 0.0625. The van der Waals surface area contributed by atoms with E-state index in [0.29, 0.717) is 0 Å². The normalized spacial score (nSPS) is 10.4. The first-order chi connectivity index (χ1) is 9.90. The standard InChI is InChI=1S/C16H13N3O/c20-11-14-5-10-19-16(13-3-8-18-9-4-13)15(14)12-1-6-17-7-2-12/h1-10,20H,11H2. The first-order valence-electron chi connectivity index (χ1n) is 6.29. The van der Waals surface area contributed by atoms with Gasteiger partial charge >= 0.3 is 0 Å². The summed E-state index contributed by atoms with van der Waals surface area (Å²) >= 11 is 0. The fourth-order valence-corrected chi connectivity index (χ4v) is 2.20. The highest BCUT2D eigenvalue weighted by Gasteiger charge is 2.13. The van der Waals surface area contributed by atoms with Gasteiger partial charge in [-0.05, 0) is 41.5 Å². The molecule has 0 fully saturated rings. The average Bonchev–Trinajstić information content (AvgIpc) is 2.55. The van der Waals surface area contributed by atoms with Crippen molar-refractivity contribution >= 4 is 0 Å². The second-order valence-corrected chi connectivity index (χ2v) is 4.32. The molecule has 3 aromatic rings. The van der Waals surface area contributed by atoms with E-state index < -0.39 is 0 Å². The van der Waals surface area contributed by atoms with Crippen LogP contribution in [0.5, 0.6) is 0 Å². The van der Waals surface area contributed by atoms with Crippen LogP contribution in [0.1, 0.15) is 5.56 Å². The van der Waals surface area contributed by atoms with Crippen molar-refractivity contribution in [2.24, 2.45) is 0 Å².